The Morgan fingerprint density at radius 2 is 1.81 bits per heavy atom. The number of Topliss-reactive ketones (excluding diaryl/α,β-unsaturated/α-hetero) is 1. The van der Waals surface area contributed by atoms with Gasteiger partial charge < -0.3 is 44.0 Å². The van der Waals surface area contributed by atoms with E-state index in [1.54, 1.807) is 6.26 Å². The molecule has 17 atom stereocenters. The Balaban J connectivity index is 1.04. The summed E-state index contributed by atoms with van der Waals surface area (Å²) in [6, 6.07) is 2.19. The predicted octanol–water partition coefficient (Wildman–Crippen LogP) is 1.97. The highest BCUT2D eigenvalue weighted by atomic mass is 16.7. The van der Waals surface area contributed by atoms with E-state index >= 15 is 0 Å². The zero-order chi connectivity index (χ0) is 37.7. The van der Waals surface area contributed by atoms with Crippen LogP contribution in [0.15, 0.2) is 28.9 Å². The van der Waals surface area contributed by atoms with Gasteiger partial charge in [-0.1, -0.05) is 26.0 Å². The first-order valence-corrected chi connectivity index (χ1v) is 20.2. The quantitative estimate of drug-likeness (QED) is 0.155. The molecule has 3 saturated carbocycles. The Hall–Kier alpha value is -2.65. The maximum Gasteiger partial charge on any atom is 0.339 e. The summed E-state index contributed by atoms with van der Waals surface area (Å²) in [6.07, 6.45) is 4.96. The lowest BCUT2D eigenvalue weighted by Crippen LogP contribution is -2.77. The number of hydrogen-bond acceptors (Lipinski definition) is 13. The van der Waals surface area contributed by atoms with Gasteiger partial charge in [0.05, 0.1) is 42.5 Å². The number of carbonyl (C=O) groups excluding carboxylic acids is 3. The molecule has 0 aromatic carbocycles. The summed E-state index contributed by atoms with van der Waals surface area (Å²) in [5.74, 6) is -2.30. The molecule has 5 aliphatic heterocycles. The molecule has 10 rings (SSSR count). The van der Waals surface area contributed by atoms with Crippen molar-refractivity contribution in [2.45, 2.75) is 114 Å². The summed E-state index contributed by atoms with van der Waals surface area (Å²) in [5, 5.41) is 40.8. The van der Waals surface area contributed by atoms with E-state index in [2.05, 4.69) is 29.7 Å². The molecule has 8 fully saturated rings. The molecule has 9 aliphatic rings. The second-order valence-electron chi connectivity index (χ2n) is 19.1. The van der Waals surface area contributed by atoms with Crippen molar-refractivity contribution < 1.29 is 53.1 Å². The molecule has 13 nitrogen and oxygen atoms in total. The van der Waals surface area contributed by atoms with Crippen LogP contribution in [0.2, 0.25) is 0 Å². The highest BCUT2D eigenvalue weighted by molar-refractivity contribution is 5.92. The number of ether oxygens (including phenoxy) is 4. The maximum absolute atomic E-state index is 14.8. The van der Waals surface area contributed by atoms with Crippen LogP contribution in [-0.4, -0.2) is 101 Å². The third kappa shape index (κ3) is 4.27. The predicted molar refractivity (Wildman–Crippen MR) is 188 cm³/mol. The van der Waals surface area contributed by atoms with Crippen molar-refractivity contribution in [2.24, 2.45) is 57.7 Å². The molecule has 2 spiro atoms. The van der Waals surface area contributed by atoms with Crippen molar-refractivity contribution in [3.8, 4) is 0 Å². The monoisotopic (exact) mass is 750 g/mol. The second-order valence-corrected chi connectivity index (χ2v) is 19.1. The van der Waals surface area contributed by atoms with Gasteiger partial charge in [0.25, 0.3) is 0 Å². The first-order chi connectivity index (χ1) is 25.7. The van der Waals surface area contributed by atoms with Crippen molar-refractivity contribution in [3.05, 3.63) is 35.8 Å². The number of hydrogen-bond donors (Lipinski definition) is 5. The number of rotatable bonds is 7. The Morgan fingerprint density at radius 3 is 2.54 bits per heavy atom. The fraction of sp³-hybridized carbons (Fsp3) is 0.780. The Labute approximate surface area is 314 Å². The van der Waals surface area contributed by atoms with Crippen LogP contribution in [0.4, 0.5) is 0 Å². The normalized spacial score (nSPS) is 50.6. The van der Waals surface area contributed by atoms with Gasteiger partial charge in [0.15, 0.2) is 11.9 Å². The van der Waals surface area contributed by atoms with Crippen LogP contribution in [0.25, 0.3) is 0 Å². The number of nitrogens with one attached hydrogen (secondary N) is 2. The van der Waals surface area contributed by atoms with Gasteiger partial charge in [0.2, 0.25) is 0 Å². The van der Waals surface area contributed by atoms with E-state index in [1.807, 2.05) is 26.8 Å². The summed E-state index contributed by atoms with van der Waals surface area (Å²) in [4.78, 5) is 42.3. The molecule has 13 heteroatoms. The van der Waals surface area contributed by atoms with Crippen LogP contribution in [0.1, 0.15) is 77.2 Å². The number of aliphatic hydroxyl groups excluding tert-OH is 3. The molecule has 54 heavy (non-hydrogen) atoms. The first kappa shape index (κ1) is 35.7. The number of cyclic esters (lactones) is 2. The molecule has 4 aliphatic carbocycles. The van der Waals surface area contributed by atoms with E-state index in [4.69, 9.17) is 23.4 Å². The number of furan rings is 1. The molecular formula is C41H54N2O11. The average Bonchev–Trinajstić information content (AvgIpc) is 3.40. The molecule has 17 unspecified atom stereocenters. The van der Waals surface area contributed by atoms with Crippen molar-refractivity contribution in [3.63, 3.8) is 0 Å². The average molecular weight is 751 g/mol. The number of ketones is 1. The Morgan fingerprint density at radius 1 is 1.00 bits per heavy atom. The van der Waals surface area contributed by atoms with E-state index < -0.39 is 82.4 Å². The highest BCUT2D eigenvalue weighted by Gasteiger charge is 2.92. The standard InChI is InChI=1S/C41H54N2O11/c1-37(2)30-28(46)31(47)39(4)29-21(9-10-23-33(53-37)40(29,30)17-51-35(23)48)14-38(3)32(52-36(49)34-41(38,39)54-34)22-11-12-50-27(22)13-24(26(45)16-44)19-5-7-20(8-6-19)25-15-42-18-43-25/h5,7,11-12,19-21,23-26,29-34,42-45,47H,6,8-10,13-18H2,1-4H3. The van der Waals surface area contributed by atoms with Gasteiger partial charge in [0.1, 0.15) is 30.2 Å². The van der Waals surface area contributed by atoms with Gasteiger partial charge >= 0.3 is 11.9 Å². The topological polar surface area (TPSA) is 189 Å². The molecule has 1 aromatic heterocycles. The maximum atomic E-state index is 14.8. The van der Waals surface area contributed by atoms with Crippen LogP contribution in [0.5, 0.6) is 0 Å². The summed E-state index contributed by atoms with van der Waals surface area (Å²) < 4.78 is 32.0. The number of epoxide rings is 1. The fourth-order valence-electron chi connectivity index (χ4n) is 14.6. The minimum atomic E-state index is -1.46. The lowest BCUT2D eigenvalue weighted by molar-refractivity contribution is -0.266. The van der Waals surface area contributed by atoms with Crippen LogP contribution >= 0.6 is 0 Å². The lowest BCUT2D eigenvalue weighted by atomic mass is 9.34. The third-order valence-electron chi connectivity index (χ3n) is 16.5. The molecule has 294 valence electrons. The number of carbonyl (C=O) groups is 3. The van der Waals surface area contributed by atoms with E-state index in [0.717, 1.165) is 26.1 Å². The molecule has 5 N–H and O–H groups in total. The van der Waals surface area contributed by atoms with Crippen LogP contribution < -0.4 is 10.6 Å². The largest absolute Gasteiger partial charge is 0.469 e. The zero-order valence-electron chi connectivity index (χ0n) is 31.5. The molecule has 1 aromatic rings. The SMILES string of the molecule is CC1(C)OC2C3CCC4CC5(C)C(c6ccoc6CC(C(O)CO)C6C=CC(C7CNCN7)CC6)OC(=O)C6OC65C5(C)C(O)C(=O)C1C2(COC3=O)C45. The van der Waals surface area contributed by atoms with Crippen molar-refractivity contribution in [1.82, 2.24) is 10.6 Å². The minimum absolute atomic E-state index is 0.00579. The lowest BCUT2D eigenvalue weighted by Gasteiger charge is -2.68. The highest BCUT2D eigenvalue weighted by Crippen LogP contribution is 2.82. The molecule has 2 bridgehead atoms. The van der Waals surface area contributed by atoms with Gasteiger partial charge in [0, 0.05) is 53.4 Å². The molecule has 0 amide bonds. The molecular weight excluding hydrogens is 696 g/mol. The molecule has 0 radical (unpaired) electrons. The fourth-order valence-corrected chi connectivity index (χ4v) is 14.6. The second kappa shape index (κ2) is 11.7. The van der Waals surface area contributed by atoms with E-state index in [-0.39, 0.29) is 42.0 Å². The number of aliphatic hydroxyl groups is 3. The Kier molecular flexibility index (Phi) is 7.75. The van der Waals surface area contributed by atoms with Crippen LogP contribution in [0, 0.1) is 57.7 Å². The van der Waals surface area contributed by atoms with E-state index in [1.165, 1.54) is 0 Å². The van der Waals surface area contributed by atoms with Crippen molar-refractivity contribution >= 4 is 17.7 Å². The van der Waals surface area contributed by atoms with Gasteiger partial charge in [-0.15, -0.1) is 0 Å². The summed E-state index contributed by atoms with van der Waals surface area (Å²) in [5.41, 5.74) is -4.58. The number of esters is 2. The van der Waals surface area contributed by atoms with Gasteiger partial charge in [-0.3, -0.25) is 14.9 Å². The third-order valence-corrected chi connectivity index (χ3v) is 16.5. The summed E-state index contributed by atoms with van der Waals surface area (Å²) >= 11 is 0. The molecule has 5 saturated heterocycles. The first-order valence-electron chi connectivity index (χ1n) is 20.2. The van der Waals surface area contributed by atoms with Gasteiger partial charge in [-0.25, -0.2) is 4.79 Å². The molecule has 6 heterocycles. The van der Waals surface area contributed by atoms with Crippen LogP contribution in [0.3, 0.4) is 0 Å². The van der Waals surface area contributed by atoms with Gasteiger partial charge in [-0.2, -0.15) is 0 Å². The summed E-state index contributed by atoms with van der Waals surface area (Å²) in [6.45, 7) is 9.07. The number of allylic oxidation sites excluding steroid dienone is 1. The van der Waals surface area contributed by atoms with Crippen molar-refractivity contribution in [1.29, 1.82) is 0 Å². The smallest absolute Gasteiger partial charge is 0.339 e. The van der Waals surface area contributed by atoms with Gasteiger partial charge in [-0.05, 0) is 75.7 Å². The minimum Gasteiger partial charge on any atom is -0.469 e. The Bertz CT molecular complexity index is 1790. The van der Waals surface area contributed by atoms with Crippen LogP contribution in [-0.2, 0) is 39.8 Å². The van der Waals surface area contributed by atoms with Crippen molar-refractivity contribution in [2.75, 3.05) is 26.4 Å². The zero-order valence-corrected chi connectivity index (χ0v) is 31.5. The summed E-state index contributed by atoms with van der Waals surface area (Å²) in [7, 11) is 0. The van der Waals surface area contributed by atoms with E-state index in [9.17, 15) is 29.7 Å². The van der Waals surface area contributed by atoms with E-state index in [0.29, 0.717) is 49.0 Å².